The summed E-state index contributed by atoms with van der Waals surface area (Å²) in [6, 6.07) is 6.44. The van der Waals surface area contributed by atoms with E-state index in [9.17, 15) is 9.90 Å². The minimum Gasteiger partial charge on any atom is -0.872 e. The second-order valence-corrected chi connectivity index (χ2v) is 8.17. The summed E-state index contributed by atoms with van der Waals surface area (Å²) in [5, 5.41) is 12.7. The number of nitrogens with one attached hydrogen (secondary N) is 1. The molecule has 1 N–H and O–H groups in total. The molecule has 4 rings (SSSR count). The van der Waals surface area contributed by atoms with Crippen molar-refractivity contribution < 1.29 is 33.7 Å². The van der Waals surface area contributed by atoms with E-state index in [0.717, 1.165) is 32.7 Å². The van der Waals surface area contributed by atoms with Crippen molar-refractivity contribution in [1.29, 1.82) is 0 Å². The Hall–Kier alpha value is -3.23. The first-order valence-corrected chi connectivity index (χ1v) is 11.1. The summed E-state index contributed by atoms with van der Waals surface area (Å²) in [6.07, 6.45) is 1.62. The summed E-state index contributed by atoms with van der Waals surface area (Å²) in [6.45, 7) is 7.64. The third-order valence-electron chi connectivity index (χ3n) is 6.36. The van der Waals surface area contributed by atoms with Crippen molar-refractivity contribution >= 4 is 11.9 Å². The van der Waals surface area contributed by atoms with Crippen LogP contribution in [0.15, 0.2) is 30.0 Å². The van der Waals surface area contributed by atoms with Crippen molar-refractivity contribution in [3.8, 4) is 28.7 Å². The van der Waals surface area contributed by atoms with Crippen molar-refractivity contribution in [2.24, 2.45) is 0 Å². The zero-order valence-corrected chi connectivity index (χ0v) is 19.5. The maximum absolute atomic E-state index is 13.1. The number of carbonyl (C=O) groups excluding carboxylic acids is 1. The van der Waals surface area contributed by atoms with Gasteiger partial charge in [-0.3, -0.25) is 9.69 Å². The Morgan fingerprint density at radius 3 is 2.36 bits per heavy atom. The number of ketones is 1. The van der Waals surface area contributed by atoms with Crippen molar-refractivity contribution in [1.82, 2.24) is 4.90 Å². The van der Waals surface area contributed by atoms with E-state index in [1.165, 1.54) is 18.1 Å². The molecule has 0 aromatic heterocycles. The van der Waals surface area contributed by atoms with Gasteiger partial charge in [-0.1, -0.05) is 18.7 Å². The highest BCUT2D eigenvalue weighted by molar-refractivity contribution is 6.15. The number of allylic oxidation sites excluding steroid dienone is 1. The summed E-state index contributed by atoms with van der Waals surface area (Å²) in [4.78, 5) is 16.8. The number of quaternary nitrogens is 1. The molecule has 1 saturated heterocycles. The zero-order valence-electron chi connectivity index (χ0n) is 19.5. The third-order valence-corrected chi connectivity index (χ3v) is 6.36. The molecule has 0 bridgehead atoms. The van der Waals surface area contributed by atoms with Crippen molar-refractivity contribution in [3.05, 3.63) is 46.7 Å². The van der Waals surface area contributed by atoms with Gasteiger partial charge >= 0.3 is 0 Å². The number of piperazine rings is 1. The van der Waals surface area contributed by atoms with Gasteiger partial charge in [0.15, 0.2) is 17.3 Å². The molecule has 0 radical (unpaired) electrons. The number of carbonyl (C=O) groups is 1. The van der Waals surface area contributed by atoms with Crippen LogP contribution in [0.5, 0.6) is 28.7 Å². The first-order chi connectivity index (χ1) is 16.0. The van der Waals surface area contributed by atoms with Gasteiger partial charge in [0, 0.05) is 30.3 Å². The molecule has 33 heavy (non-hydrogen) atoms. The van der Waals surface area contributed by atoms with E-state index in [0.29, 0.717) is 46.2 Å². The lowest BCUT2D eigenvalue weighted by atomic mass is 10.0. The SMILES string of the molecule is CCN1CC[NH+](Cc2c([O-])ccc3c2OC(=Cc2cc(OC)c(OC)cc2OC)C3=O)CC1. The van der Waals surface area contributed by atoms with Crippen molar-refractivity contribution in [3.63, 3.8) is 0 Å². The van der Waals surface area contributed by atoms with Gasteiger partial charge in [0.05, 0.1) is 40.0 Å². The van der Waals surface area contributed by atoms with Gasteiger partial charge in [-0.15, -0.1) is 0 Å². The highest BCUT2D eigenvalue weighted by Gasteiger charge is 2.32. The Kier molecular flexibility index (Phi) is 6.76. The van der Waals surface area contributed by atoms with Crippen LogP contribution in [-0.2, 0) is 6.54 Å². The Morgan fingerprint density at radius 1 is 1.06 bits per heavy atom. The molecule has 2 aromatic carbocycles. The van der Waals surface area contributed by atoms with Crippen LogP contribution in [-0.4, -0.2) is 64.7 Å². The summed E-state index contributed by atoms with van der Waals surface area (Å²) in [5.41, 5.74) is 1.59. The van der Waals surface area contributed by atoms with Gasteiger partial charge in [0.2, 0.25) is 5.78 Å². The Balaban J connectivity index is 1.64. The molecule has 0 amide bonds. The van der Waals surface area contributed by atoms with E-state index in [4.69, 9.17) is 18.9 Å². The second-order valence-electron chi connectivity index (χ2n) is 8.17. The van der Waals surface area contributed by atoms with E-state index >= 15 is 0 Å². The second kappa shape index (κ2) is 9.72. The fourth-order valence-electron chi connectivity index (χ4n) is 4.38. The van der Waals surface area contributed by atoms with Gasteiger partial charge in [-0.2, -0.15) is 0 Å². The molecule has 2 aliphatic rings. The molecular formula is C25H30N2O6. The van der Waals surface area contributed by atoms with Crippen LogP contribution in [0.1, 0.15) is 28.4 Å². The van der Waals surface area contributed by atoms with Crippen LogP contribution in [0.4, 0.5) is 0 Å². The molecule has 2 aliphatic heterocycles. The van der Waals surface area contributed by atoms with Crippen LogP contribution in [0.3, 0.4) is 0 Å². The minimum absolute atomic E-state index is 0.100. The van der Waals surface area contributed by atoms with Crippen molar-refractivity contribution in [2.45, 2.75) is 13.5 Å². The number of methoxy groups -OCH3 is 3. The Labute approximate surface area is 193 Å². The van der Waals surface area contributed by atoms with Gasteiger partial charge < -0.3 is 29.0 Å². The van der Waals surface area contributed by atoms with E-state index < -0.39 is 0 Å². The number of nitrogens with zero attached hydrogens (tertiary/aromatic N) is 1. The minimum atomic E-state index is -0.256. The maximum Gasteiger partial charge on any atom is 0.231 e. The lowest BCUT2D eigenvalue weighted by Crippen LogP contribution is -3.13. The molecular weight excluding hydrogens is 424 g/mol. The Bertz CT molecular complexity index is 1070. The number of likely N-dealkylation sites (N-methyl/N-ethyl adjacent to an activating group) is 1. The largest absolute Gasteiger partial charge is 0.872 e. The molecule has 0 spiro atoms. The van der Waals surface area contributed by atoms with Crippen LogP contribution in [0.2, 0.25) is 0 Å². The average molecular weight is 455 g/mol. The molecule has 176 valence electrons. The van der Waals surface area contributed by atoms with E-state index in [1.54, 1.807) is 38.5 Å². The topological polar surface area (TPSA) is 84.7 Å². The number of Topliss-reactive ketones (excluding diaryl/α,β-unsaturated/α-hetero) is 1. The summed E-state index contributed by atoms with van der Waals surface area (Å²) in [5.74, 6) is 1.70. The molecule has 0 aliphatic carbocycles. The van der Waals surface area contributed by atoms with E-state index in [2.05, 4.69) is 11.8 Å². The third kappa shape index (κ3) is 4.49. The normalized spacial score (nSPS) is 17.7. The lowest BCUT2D eigenvalue weighted by molar-refractivity contribution is -0.918. The van der Waals surface area contributed by atoms with Crippen molar-refractivity contribution in [2.75, 3.05) is 54.1 Å². The highest BCUT2D eigenvalue weighted by atomic mass is 16.5. The molecule has 8 heteroatoms. The van der Waals surface area contributed by atoms with Gasteiger partial charge in [0.1, 0.15) is 18.0 Å². The van der Waals surface area contributed by atoms with Gasteiger partial charge in [0.25, 0.3) is 0 Å². The smallest absolute Gasteiger partial charge is 0.231 e. The summed E-state index contributed by atoms with van der Waals surface area (Å²) in [7, 11) is 4.62. The predicted octanol–water partition coefficient (Wildman–Crippen LogP) is 1.12. The number of hydrogen-bond donors (Lipinski definition) is 1. The number of rotatable bonds is 7. The molecule has 8 nitrogen and oxygen atoms in total. The fraction of sp³-hybridized carbons (Fsp3) is 0.400. The molecule has 0 atom stereocenters. The van der Waals surface area contributed by atoms with Gasteiger partial charge in [-0.05, 0) is 24.8 Å². The molecule has 0 saturated carbocycles. The number of fused-ring (bicyclic) bond motifs is 1. The number of benzene rings is 2. The van der Waals surface area contributed by atoms with Crippen LogP contribution >= 0.6 is 0 Å². The summed E-state index contributed by atoms with van der Waals surface area (Å²) >= 11 is 0. The van der Waals surface area contributed by atoms with Gasteiger partial charge in [-0.25, -0.2) is 0 Å². The van der Waals surface area contributed by atoms with Crippen LogP contribution < -0.4 is 29.0 Å². The number of hydrogen-bond acceptors (Lipinski definition) is 7. The first kappa shape index (κ1) is 22.9. The molecule has 2 aromatic rings. The first-order valence-electron chi connectivity index (χ1n) is 11.1. The Morgan fingerprint density at radius 2 is 1.73 bits per heavy atom. The molecule has 2 heterocycles. The zero-order chi connectivity index (χ0) is 23.5. The number of ether oxygens (including phenoxy) is 4. The van der Waals surface area contributed by atoms with Crippen LogP contribution in [0, 0.1) is 0 Å². The lowest BCUT2D eigenvalue weighted by Gasteiger charge is -2.32. The molecule has 0 unspecified atom stereocenters. The standard InChI is InChI=1S/C25H30N2O6/c1-5-26-8-10-27(11-9-26)15-18-19(28)7-6-17-24(29)23(33-25(17)18)13-16-12-21(31-3)22(32-4)14-20(16)30-2/h6-7,12-14,28H,5,8-11,15H2,1-4H3. The van der Waals surface area contributed by atoms with E-state index in [-0.39, 0.29) is 17.3 Å². The van der Waals surface area contributed by atoms with Crippen LogP contribution in [0.25, 0.3) is 6.08 Å². The van der Waals surface area contributed by atoms with E-state index in [1.807, 2.05) is 0 Å². The summed E-state index contributed by atoms with van der Waals surface area (Å²) < 4.78 is 22.2. The molecule has 1 fully saturated rings. The highest BCUT2D eigenvalue weighted by Crippen LogP contribution is 2.40. The predicted molar refractivity (Wildman–Crippen MR) is 121 cm³/mol. The monoisotopic (exact) mass is 454 g/mol. The average Bonchev–Trinajstić information content (AvgIpc) is 3.16. The fourth-order valence-corrected chi connectivity index (χ4v) is 4.38. The quantitative estimate of drug-likeness (QED) is 0.628. The maximum atomic E-state index is 13.1.